The molecule has 0 radical (unpaired) electrons. The van der Waals surface area contributed by atoms with Crippen LogP contribution in [0.15, 0.2) is 152 Å². The number of amidine groups is 2. The highest BCUT2D eigenvalue weighted by Crippen LogP contribution is 2.40. The fraction of sp³-hybridized carbons (Fsp3) is 0.0476. The summed E-state index contributed by atoms with van der Waals surface area (Å²) in [4.78, 5) is 10.2. The van der Waals surface area contributed by atoms with Crippen LogP contribution in [-0.2, 0) is 0 Å². The lowest BCUT2D eigenvalue weighted by Crippen LogP contribution is -2.33. The van der Waals surface area contributed by atoms with Crippen molar-refractivity contribution < 1.29 is 8.83 Å². The highest BCUT2D eigenvalue weighted by molar-refractivity contribution is 6.16. The topological polar surface area (TPSA) is 75.1 Å². The molecule has 1 atom stereocenters. The molecule has 0 fully saturated rings. The van der Waals surface area contributed by atoms with Gasteiger partial charge in [-0.05, 0) is 59.2 Å². The number of nitrogens with one attached hydrogen (secondary N) is 2. The fourth-order valence-corrected chi connectivity index (χ4v) is 7.01. The minimum Gasteiger partial charge on any atom is -0.456 e. The monoisotopic (exact) mass is 620 g/mol. The molecule has 10 rings (SSSR count). The number of hydrogen-bond acceptors (Lipinski definition) is 6. The predicted octanol–water partition coefficient (Wildman–Crippen LogP) is 10.1. The molecule has 0 bridgehead atoms. The van der Waals surface area contributed by atoms with Crippen LogP contribution in [0.5, 0.6) is 0 Å². The lowest BCUT2D eigenvalue weighted by Gasteiger charge is -2.24. The van der Waals surface area contributed by atoms with E-state index in [0.717, 1.165) is 95.3 Å². The summed E-state index contributed by atoms with van der Waals surface area (Å²) in [5.74, 6) is 1.43. The van der Waals surface area contributed by atoms with Gasteiger partial charge in [0, 0.05) is 50.5 Å². The molecule has 0 saturated carbocycles. The molecule has 6 aromatic carbocycles. The van der Waals surface area contributed by atoms with Crippen molar-refractivity contribution in [3.8, 4) is 11.1 Å². The maximum atomic E-state index is 6.38. The van der Waals surface area contributed by atoms with Gasteiger partial charge in [0.15, 0.2) is 5.84 Å². The average molecular weight is 621 g/mol. The van der Waals surface area contributed by atoms with Gasteiger partial charge in [-0.1, -0.05) is 97.1 Å². The molecule has 2 aliphatic rings. The molecule has 2 aliphatic heterocycles. The van der Waals surface area contributed by atoms with E-state index in [4.69, 9.17) is 18.8 Å². The molecule has 6 heteroatoms. The normalized spacial score (nSPS) is 15.7. The first-order valence-corrected chi connectivity index (χ1v) is 16.2. The molecule has 0 amide bonds. The Bertz CT molecular complexity index is 2660. The van der Waals surface area contributed by atoms with Crippen LogP contribution < -0.4 is 10.6 Å². The van der Waals surface area contributed by atoms with Crippen LogP contribution in [-0.4, -0.2) is 18.2 Å². The van der Waals surface area contributed by atoms with E-state index in [0.29, 0.717) is 5.84 Å². The molecule has 48 heavy (non-hydrogen) atoms. The first kappa shape index (κ1) is 26.8. The second kappa shape index (κ2) is 10.6. The largest absolute Gasteiger partial charge is 0.456 e. The van der Waals surface area contributed by atoms with Crippen LogP contribution in [0.1, 0.15) is 28.4 Å². The highest BCUT2D eigenvalue weighted by atomic mass is 16.3. The number of aliphatic imine (C=N–C) groups is 2. The summed E-state index contributed by atoms with van der Waals surface area (Å²) in [6.45, 7) is 0.820. The van der Waals surface area contributed by atoms with Gasteiger partial charge in [-0.15, -0.1) is 0 Å². The van der Waals surface area contributed by atoms with Gasteiger partial charge in [0.1, 0.15) is 34.3 Å². The summed E-state index contributed by atoms with van der Waals surface area (Å²) in [7, 11) is 0. The number of benzene rings is 6. The molecular formula is C42H28N4O2. The van der Waals surface area contributed by atoms with Gasteiger partial charge in [-0.3, -0.25) is 0 Å². The van der Waals surface area contributed by atoms with Gasteiger partial charge < -0.3 is 19.5 Å². The standard InChI is InChI=1S/C42H28N4O2/c1-2-9-25(10-3-1)40-44-41(46-42(45-40)29-18-19-32-31-14-4-5-16-35(31)47-37(32)23-29)28-12-6-11-26(21-28)30-15-7-17-36-39(30)33-24-34-27(13-8-20-43-34)22-38(33)48-36/h1-19,21-24,41,43H,20H2,(H,44,45,46). The molecule has 228 valence electrons. The van der Waals surface area contributed by atoms with Crippen molar-refractivity contribution in [2.45, 2.75) is 6.17 Å². The highest BCUT2D eigenvalue weighted by Gasteiger charge is 2.23. The van der Waals surface area contributed by atoms with E-state index in [2.05, 4.69) is 102 Å². The molecule has 8 aromatic rings. The van der Waals surface area contributed by atoms with Crippen molar-refractivity contribution in [2.75, 3.05) is 11.9 Å². The third-order valence-corrected chi connectivity index (χ3v) is 9.32. The first-order valence-electron chi connectivity index (χ1n) is 16.2. The Hall–Kier alpha value is -6.40. The molecule has 0 saturated heterocycles. The third-order valence-electron chi connectivity index (χ3n) is 9.32. The molecular weight excluding hydrogens is 592 g/mol. The van der Waals surface area contributed by atoms with Gasteiger partial charge in [0.05, 0.1) is 0 Å². The summed E-state index contributed by atoms with van der Waals surface area (Å²) >= 11 is 0. The van der Waals surface area contributed by atoms with E-state index in [9.17, 15) is 0 Å². The van der Waals surface area contributed by atoms with Gasteiger partial charge in [-0.25, -0.2) is 9.98 Å². The maximum Gasteiger partial charge on any atom is 0.159 e. The number of fused-ring (bicyclic) bond motifs is 7. The van der Waals surface area contributed by atoms with Crippen molar-refractivity contribution in [3.05, 3.63) is 156 Å². The average Bonchev–Trinajstić information content (AvgIpc) is 3.71. The van der Waals surface area contributed by atoms with Gasteiger partial charge >= 0.3 is 0 Å². The molecule has 1 unspecified atom stereocenters. The van der Waals surface area contributed by atoms with E-state index in [1.54, 1.807) is 0 Å². The summed E-state index contributed by atoms with van der Waals surface area (Å²) in [5, 5.41) is 11.5. The van der Waals surface area contributed by atoms with Crippen LogP contribution in [0.25, 0.3) is 61.1 Å². The number of rotatable bonds is 4. The van der Waals surface area contributed by atoms with Crippen molar-refractivity contribution in [1.29, 1.82) is 0 Å². The Morgan fingerprint density at radius 1 is 0.604 bits per heavy atom. The summed E-state index contributed by atoms with van der Waals surface area (Å²) < 4.78 is 12.6. The van der Waals surface area contributed by atoms with Gasteiger partial charge in [0.25, 0.3) is 0 Å². The SMILES string of the molecule is C1=Cc2cc3oc4cccc(-c5cccc(C6N=C(c7ccc8c(c7)oc7ccccc78)N=C(c7ccccc7)N6)c5)c4c3cc2NC1. The number of furan rings is 2. The molecule has 0 spiro atoms. The van der Waals surface area contributed by atoms with E-state index < -0.39 is 0 Å². The zero-order valence-electron chi connectivity index (χ0n) is 25.8. The van der Waals surface area contributed by atoms with E-state index in [1.807, 2.05) is 48.5 Å². The molecule has 2 N–H and O–H groups in total. The maximum absolute atomic E-state index is 6.38. The van der Waals surface area contributed by atoms with E-state index >= 15 is 0 Å². The van der Waals surface area contributed by atoms with Crippen molar-refractivity contribution >= 4 is 67.3 Å². The van der Waals surface area contributed by atoms with Crippen molar-refractivity contribution in [1.82, 2.24) is 5.32 Å². The minimum absolute atomic E-state index is 0.359. The second-order valence-electron chi connectivity index (χ2n) is 12.3. The van der Waals surface area contributed by atoms with Crippen molar-refractivity contribution in [2.24, 2.45) is 9.98 Å². The first-order chi connectivity index (χ1) is 23.7. The Kier molecular flexibility index (Phi) is 5.90. The Morgan fingerprint density at radius 3 is 2.35 bits per heavy atom. The fourth-order valence-electron chi connectivity index (χ4n) is 7.01. The summed E-state index contributed by atoms with van der Waals surface area (Å²) in [6, 6.07) is 43.8. The quantitative estimate of drug-likeness (QED) is 0.205. The Labute approximate surface area is 275 Å². The van der Waals surface area contributed by atoms with Gasteiger partial charge in [-0.2, -0.15) is 0 Å². The Morgan fingerprint density at radius 2 is 1.40 bits per heavy atom. The lowest BCUT2D eigenvalue weighted by molar-refractivity contribution is 0.667. The smallest absolute Gasteiger partial charge is 0.159 e. The van der Waals surface area contributed by atoms with Crippen LogP contribution >= 0.6 is 0 Å². The number of hydrogen-bond donors (Lipinski definition) is 2. The number of anilines is 1. The van der Waals surface area contributed by atoms with Crippen molar-refractivity contribution in [3.63, 3.8) is 0 Å². The molecule has 2 aromatic heterocycles. The van der Waals surface area contributed by atoms with Crippen LogP contribution in [0, 0.1) is 0 Å². The Balaban J connectivity index is 1.09. The minimum atomic E-state index is -0.359. The van der Waals surface area contributed by atoms with E-state index in [-0.39, 0.29) is 6.17 Å². The third kappa shape index (κ3) is 4.34. The number of nitrogens with zero attached hydrogens (tertiary/aromatic N) is 2. The van der Waals surface area contributed by atoms with Crippen LogP contribution in [0.4, 0.5) is 5.69 Å². The van der Waals surface area contributed by atoms with Crippen LogP contribution in [0.2, 0.25) is 0 Å². The zero-order chi connectivity index (χ0) is 31.6. The molecule has 0 aliphatic carbocycles. The summed E-state index contributed by atoms with van der Waals surface area (Å²) in [5.41, 5.74) is 10.9. The van der Waals surface area contributed by atoms with Crippen LogP contribution in [0.3, 0.4) is 0 Å². The second-order valence-corrected chi connectivity index (χ2v) is 12.3. The molecule has 6 nitrogen and oxygen atoms in total. The predicted molar refractivity (Wildman–Crippen MR) is 196 cm³/mol. The summed E-state index contributed by atoms with van der Waals surface area (Å²) in [6.07, 6.45) is 3.92. The van der Waals surface area contributed by atoms with Gasteiger partial charge in [0.2, 0.25) is 0 Å². The molecule has 4 heterocycles. The number of para-hydroxylation sites is 1. The zero-order valence-corrected chi connectivity index (χ0v) is 25.8. The lowest BCUT2D eigenvalue weighted by atomic mass is 9.96. The van der Waals surface area contributed by atoms with E-state index in [1.165, 1.54) is 0 Å².